The van der Waals surface area contributed by atoms with E-state index in [-0.39, 0.29) is 24.3 Å². The first-order valence-corrected chi connectivity index (χ1v) is 10.4. The summed E-state index contributed by atoms with van der Waals surface area (Å²) >= 11 is 1.67. The van der Waals surface area contributed by atoms with Gasteiger partial charge in [0.25, 0.3) is 0 Å². The van der Waals surface area contributed by atoms with Crippen LogP contribution in [0.3, 0.4) is 0 Å². The molecule has 0 spiro atoms. The highest BCUT2D eigenvalue weighted by Gasteiger charge is 2.47. The molecule has 2 aliphatic heterocycles. The molecule has 28 heavy (non-hydrogen) atoms. The topological polar surface area (TPSA) is 68.3 Å². The minimum atomic E-state index is 0.00210. The van der Waals surface area contributed by atoms with Crippen LogP contribution in [0.1, 0.15) is 5.56 Å². The summed E-state index contributed by atoms with van der Waals surface area (Å²) in [6.45, 7) is 2.05. The molecule has 2 saturated heterocycles. The molecule has 2 N–H and O–H groups in total. The number of benzene rings is 1. The first-order valence-electron chi connectivity index (χ1n) is 9.51. The highest BCUT2D eigenvalue weighted by Crippen LogP contribution is 2.29. The average Bonchev–Trinajstić information content (AvgIpc) is 3.47. The number of ether oxygens (including phenoxy) is 2. The summed E-state index contributed by atoms with van der Waals surface area (Å²) in [5.74, 6) is 0.615. The maximum absolute atomic E-state index is 6.06. The Morgan fingerprint density at radius 1 is 0.964 bits per heavy atom. The van der Waals surface area contributed by atoms with E-state index >= 15 is 0 Å². The molecule has 3 aromatic rings. The van der Waals surface area contributed by atoms with Gasteiger partial charge in [-0.1, -0.05) is 36.4 Å². The van der Waals surface area contributed by atoms with Crippen molar-refractivity contribution in [2.24, 2.45) is 0 Å². The molecule has 4 heterocycles. The van der Waals surface area contributed by atoms with Gasteiger partial charge in [-0.3, -0.25) is 0 Å². The van der Waals surface area contributed by atoms with Gasteiger partial charge in [-0.25, -0.2) is 9.97 Å². The lowest BCUT2D eigenvalue weighted by Crippen LogP contribution is -2.41. The second-order valence-electron chi connectivity index (χ2n) is 7.06. The lowest BCUT2D eigenvalue weighted by atomic mass is 10.1. The van der Waals surface area contributed by atoms with Crippen molar-refractivity contribution >= 4 is 17.3 Å². The second-order valence-corrected chi connectivity index (χ2v) is 8.01. The second kappa shape index (κ2) is 7.97. The number of aromatic nitrogens is 2. The van der Waals surface area contributed by atoms with Crippen molar-refractivity contribution in [1.82, 2.24) is 15.3 Å². The molecule has 2 fully saturated rings. The molecule has 6 nitrogen and oxygen atoms in total. The Morgan fingerprint density at radius 3 is 2.61 bits per heavy atom. The standard InChI is InChI=1S/C21H22N4O2S/c1-2-5-14(6-3-1)11-23-16-12-26-20-17(13-27-19(16)20)25-21-22-9-8-15(24-21)18-7-4-10-28-18/h1-10,16-17,19-20,23H,11-13H2,(H,22,24,25)/t16-,17-,19+,20+/m0/s1. The van der Waals surface area contributed by atoms with Crippen LogP contribution in [0, 0.1) is 0 Å². The fraction of sp³-hybridized carbons (Fsp3) is 0.333. The normalized spacial score (nSPS) is 26.3. The Hall–Kier alpha value is -2.32. The summed E-state index contributed by atoms with van der Waals surface area (Å²) < 4.78 is 12.1. The first kappa shape index (κ1) is 17.8. The van der Waals surface area contributed by atoms with Crippen molar-refractivity contribution in [3.8, 4) is 10.6 Å². The van der Waals surface area contributed by atoms with Gasteiger partial charge in [0.1, 0.15) is 12.2 Å². The molecule has 0 radical (unpaired) electrons. The van der Waals surface area contributed by atoms with Crippen molar-refractivity contribution < 1.29 is 9.47 Å². The van der Waals surface area contributed by atoms with Gasteiger partial charge >= 0.3 is 0 Å². The van der Waals surface area contributed by atoms with Crippen LogP contribution < -0.4 is 10.6 Å². The molecule has 2 aliphatic rings. The zero-order chi connectivity index (χ0) is 18.8. The third-order valence-corrected chi connectivity index (χ3v) is 6.10. The van der Waals surface area contributed by atoms with Crippen LogP contribution in [-0.2, 0) is 16.0 Å². The fourth-order valence-corrected chi connectivity index (χ4v) is 4.49. The van der Waals surface area contributed by atoms with E-state index in [1.54, 1.807) is 17.5 Å². The van der Waals surface area contributed by atoms with Crippen LogP contribution in [0.2, 0.25) is 0 Å². The summed E-state index contributed by atoms with van der Waals surface area (Å²) in [5, 5.41) is 9.04. The van der Waals surface area contributed by atoms with E-state index in [2.05, 4.69) is 56.3 Å². The third kappa shape index (κ3) is 3.66. The molecule has 0 saturated carbocycles. The van der Waals surface area contributed by atoms with Gasteiger partial charge in [-0.2, -0.15) is 0 Å². The number of hydrogen-bond acceptors (Lipinski definition) is 7. The lowest BCUT2D eigenvalue weighted by molar-refractivity contribution is 0.0675. The molecule has 2 aromatic heterocycles. The largest absolute Gasteiger partial charge is 0.371 e. The Balaban J connectivity index is 1.21. The molecule has 5 rings (SSSR count). The zero-order valence-electron chi connectivity index (χ0n) is 15.3. The fourth-order valence-electron chi connectivity index (χ4n) is 3.80. The maximum atomic E-state index is 6.06. The maximum Gasteiger partial charge on any atom is 0.223 e. The molecule has 1 aromatic carbocycles. The Morgan fingerprint density at radius 2 is 1.79 bits per heavy atom. The predicted molar refractivity (Wildman–Crippen MR) is 109 cm³/mol. The van der Waals surface area contributed by atoms with E-state index in [1.165, 1.54) is 5.56 Å². The first-order chi connectivity index (χ1) is 13.9. The zero-order valence-corrected chi connectivity index (χ0v) is 16.1. The van der Waals surface area contributed by atoms with Crippen molar-refractivity contribution in [1.29, 1.82) is 0 Å². The molecule has 4 atom stereocenters. The monoisotopic (exact) mass is 394 g/mol. The Kier molecular flexibility index (Phi) is 5.05. The molecular weight excluding hydrogens is 372 g/mol. The minimum Gasteiger partial charge on any atom is -0.371 e. The van der Waals surface area contributed by atoms with Gasteiger partial charge in [-0.15, -0.1) is 11.3 Å². The molecule has 7 heteroatoms. The van der Waals surface area contributed by atoms with Crippen molar-refractivity contribution in [2.75, 3.05) is 18.5 Å². The van der Waals surface area contributed by atoms with E-state index in [0.29, 0.717) is 19.2 Å². The summed E-state index contributed by atoms with van der Waals surface area (Å²) in [6.07, 6.45) is 1.83. The van der Waals surface area contributed by atoms with Crippen molar-refractivity contribution in [3.63, 3.8) is 0 Å². The molecule has 0 amide bonds. The number of thiophene rings is 1. The highest BCUT2D eigenvalue weighted by atomic mass is 32.1. The van der Waals surface area contributed by atoms with Crippen LogP contribution in [0.15, 0.2) is 60.1 Å². The summed E-state index contributed by atoms with van der Waals surface area (Å²) in [4.78, 5) is 10.2. The molecule has 0 unspecified atom stereocenters. The summed E-state index contributed by atoms with van der Waals surface area (Å²) in [7, 11) is 0. The highest BCUT2D eigenvalue weighted by molar-refractivity contribution is 7.13. The van der Waals surface area contributed by atoms with E-state index in [9.17, 15) is 0 Å². The molecule has 0 bridgehead atoms. The minimum absolute atomic E-state index is 0.00210. The number of rotatable bonds is 6. The summed E-state index contributed by atoms with van der Waals surface area (Å²) in [6, 6.07) is 16.7. The SMILES string of the molecule is c1ccc(CN[C@H]2CO[C@H]3[C@@H]2OC[C@@H]3Nc2nccc(-c3cccs3)n2)cc1. The van der Waals surface area contributed by atoms with Gasteiger partial charge in [0.05, 0.1) is 35.9 Å². The van der Waals surface area contributed by atoms with Gasteiger partial charge in [0.15, 0.2) is 0 Å². The third-order valence-electron chi connectivity index (χ3n) is 5.21. The number of fused-ring (bicyclic) bond motifs is 1. The number of nitrogens with one attached hydrogen (secondary N) is 2. The van der Waals surface area contributed by atoms with E-state index < -0.39 is 0 Å². The van der Waals surface area contributed by atoms with Crippen LogP contribution in [0.25, 0.3) is 10.6 Å². The van der Waals surface area contributed by atoms with E-state index in [0.717, 1.165) is 17.1 Å². The van der Waals surface area contributed by atoms with Gasteiger partial charge < -0.3 is 20.1 Å². The van der Waals surface area contributed by atoms with Crippen molar-refractivity contribution in [2.45, 2.75) is 30.8 Å². The van der Waals surface area contributed by atoms with Gasteiger partial charge in [-0.05, 0) is 23.1 Å². The van der Waals surface area contributed by atoms with Gasteiger partial charge in [0, 0.05) is 12.7 Å². The summed E-state index contributed by atoms with van der Waals surface area (Å²) in [5.41, 5.74) is 2.19. The molecular formula is C21H22N4O2S. The molecule has 0 aliphatic carbocycles. The van der Waals surface area contributed by atoms with Crippen LogP contribution in [0.5, 0.6) is 0 Å². The van der Waals surface area contributed by atoms with Gasteiger partial charge in [0.2, 0.25) is 5.95 Å². The van der Waals surface area contributed by atoms with Crippen LogP contribution in [0.4, 0.5) is 5.95 Å². The molecule has 144 valence electrons. The number of nitrogens with zero attached hydrogens (tertiary/aromatic N) is 2. The average molecular weight is 395 g/mol. The smallest absolute Gasteiger partial charge is 0.223 e. The van der Waals surface area contributed by atoms with Crippen LogP contribution in [-0.4, -0.2) is 47.5 Å². The predicted octanol–water partition coefficient (Wildman–Crippen LogP) is 2.94. The van der Waals surface area contributed by atoms with E-state index in [1.807, 2.05) is 18.2 Å². The lowest BCUT2D eigenvalue weighted by Gasteiger charge is -2.18. The van der Waals surface area contributed by atoms with E-state index in [4.69, 9.17) is 9.47 Å². The van der Waals surface area contributed by atoms with Crippen molar-refractivity contribution in [3.05, 3.63) is 65.7 Å². The number of anilines is 1. The Bertz CT molecular complexity index is 906. The Labute approximate surface area is 167 Å². The van der Waals surface area contributed by atoms with Crippen LogP contribution >= 0.6 is 11.3 Å². The quantitative estimate of drug-likeness (QED) is 0.670. The number of hydrogen-bond donors (Lipinski definition) is 2.